The van der Waals surface area contributed by atoms with E-state index in [1.54, 1.807) is 0 Å². The predicted octanol–water partition coefficient (Wildman–Crippen LogP) is 2.54. The summed E-state index contributed by atoms with van der Waals surface area (Å²) >= 11 is 14.8. The number of rotatable bonds is 3. The van der Waals surface area contributed by atoms with Gasteiger partial charge in [-0.15, -0.1) is 0 Å². The van der Waals surface area contributed by atoms with Gasteiger partial charge in [0.1, 0.15) is 0 Å². The standard InChI is InChI=1S/C20H20Br4N2O4/c21-13-5-3-6(14(13)22)10-9(5)17(27)25(18(10)28)1-2-26-19(29)11-7-4-8(12(11)20(26)30)16(24)15(7)23/h5-16H,1-4H2/t5-,6-,7-,8-,9-,10+,11-,12+,13-,14+,15+,16+/m1/s1. The molecule has 10 heteroatoms. The second-order valence-corrected chi connectivity index (χ2v) is 13.9. The summed E-state index contributed by atoms with van der Waals surface area (Å²) in [5.41, 5.74) is 0. The van der Waals surface area contributed by atoms with Crippen LogP contribution in [0.2, 0.25) is 0 Å². The molecule has 4 bridgehead atoms. The third-order valence-electron chi connectivity index (χ3n) is 8.70. The van der Waals surface area contributed by atoms with Gasteiger partial charge in [0.15, 0.2) is 0 Å². The van der Waals surface area contributed by atoms with Crippen LogP contribution in [0.1, 0.15) is 12.8 Å². The summed E-state index contributed by atoms with van der Waals surface area (Å²) in [6.45, 7) is 0.234. The van der Waals surface area contributed by atoms with Crippen LogP contribution in [-0.2, 0) is 19.2 Å². The van der Waals surface area contributed by atoms with E-state index in [9.17, 15) is 19.2 Å². The highest BCUT2D eigenvalue weighted by Crippen LogP contribution is 2.61. The van der Waals surface area contributed by atoms with E-state index in [1.807, 2.05) is 0 Å². The number of hydrogen-bond acceptors (Lipinski definition) is 4. The molecule has 0 aromatic heterocycles. The van der Waals surface area contributed by atoms with Crippen molar-refractivity contribution in [3.63, 3.8) is 0 Å². The van der Waals surface area contributed by atoms with Gasteiger partial charge in [-0.2, -0.15) is 0 Å². The van der Waals surface area contributed by atoms with Gasteiger partial charge < -0.3 is 0 Å². The molecule has 2 heterocycles. The number of alkyl halides is 4. The lowest BCUT2D eigenvalue weighted by molar-refractivity contribution is -0.146. The van der Waals surface area contributed by atoms with Gasteiger partial charge in [0, 0.05) is 32.4 Å². The Kier molecular flexibility index (Phi) is 4.75. The number of fused-ring (bicyclic) bond motifs is 10. The molecule has 4 saturated carbocycles. The first-order valence-corrected chi connectivity index (χ1v) is 14.2. The van der Waals surface area contributed by atoms with Gasteiger partial charge in [0.2, 0.25) is 23.6 Å². The van der Waals surface area contributed by atoms with Crippen LogP contribution in [0.5, 0.6) is 0 Å². The van der Waals surface area contributed by atoms with E-state index in [0.29, 0.717) is 0 Å². The summed E-state index contributed by atoms with van der Waals surface area (Å²) in [7, 11) is 0. The van der Waals surface area contributed by atoms with Crippen LogP contribution in [0.25, 0.3) is 0 Å². The van der Waals surface area contributed by atoms with Crippen molar-refractivity contribution in [3.8, 4) is 0 Å². The molecule has 2 aliphatic heterocycles. The summed E-state index contributed by atoms with van der Waals surface area (Å²) in [5, 5.41) is 0. The molecule has 6 aliphatic rings. The van der Waals surface area contributed by atoms with Crippen molar-refractivity contribution in [1.82, 2.24) is 9.80 Å². The van der Waals surface area contributed by atoms with Crippen molar-refractivity contribution in [1.29, 1.82) is 0 Å². The maximum Gasteiger partial charge on any atom is 0.233 e. The van der Waals surface area contributed by atoms with E-state index in [1.165, 1.54) is 9.80 Å². The Morgan fingerprint density at radius 1 is 0.533 bits per heavy atom. The fraction of sp³-hybridized carbons (Fsp3) is 0.800. The van der Waals surface area contributed by atoms with Gasteiger partial charge in [-0.1, -0.05) is 63.7 Å². The summed E-state index contributed by atoms with van der Waals surface area (Å²) in [5.74, 6) is -0.857. The van der Waals surface area contributed by atoms with Crippen molar-refractivity contribution < 1.29 is 19.2 Å². The Hall–Kier alpha value is 0.200. The first kappa shape index (κ1) is 20.8. The largest absolute Gasteiger partial charge is 0.280 e. The van der Waals surface area contributed by atoms with E-state index in [4.69, 9.17) is 0 Å². The molecular formula is C20H20Br4N2O4. The van der Waals surface area contributed by atoms with E-state index in [-0.39, 0.29) is 103 Å². The number of likely N-dealkylation sites (tertiary alicyclic amines) is 2. The average Bonchev–Trinajstić information content (AvgIpc) is 3.50. The monoisotopic (exact) mass is 668 g/mol. The third-order valence-corrected chi connectivity index (χ3v) is 15.1. The highest BCUT2D eigenvalue weighted by Gasteiger charge is 2.68. The van der Waals surface area contributed by atoms with E-state index in [2.05, 4.69) is 63.7 Å². The molecule has 0 spiro atoms. The molecule has 0 aromatic rings. The smallest absolute Gasteiger partial charge is 0.233 e. The van der Waals surface area contributed by atoms with Crippen LogP contribution in [0.3, 0.4) is 0 Å². The molecule has 12 atom stereocenters. The van der Waals surface area contributed by atoms with Gasteiger partial charge in [0.25, 0.3) is 0 Å². The van der Waals surface area contributed by atoms with Crippen LogP contribution < -0.4 is 0 Å². The second kappa shape index (κ2) is 6.86. The molecule has 30 heavy (non-hydrogen) atoms. The molecule has 0 aromatic carbocycles. The first-order chi connectivity index (χ1) is 14.2. The van der Waals surface area contributed by atoms with Gasteiger partial charge in [-0.05, 0) is 36.5 Å². The van der Waals surface area contributed by atoms with Crippen LogP contribution in [0, 0.1) is 47.3 Å². The number of amides is 4. The van der Waals surface area contributed by atoms with Crippen molar-refractivity contribution in [2.24, 2.45) is 47.3 Å². The molecule has 162 valence electrons. The molecule has 6 nitrogen and oxygen atoms in total. The number of carbonyl (C=O) groups is 4. The lowest BCUT2D eigenvalue weighted by Crippen LogP contribution is -2.42. The van der Waals surface area contributed by atoms with E-state index in [0.717, 1.165) is 12.8 Å². The molecule has 4 amide bonds. The van der Waals surface area contributed by atoms with E-state index < -0.39 is 0 Å². The minimum Gasteiger partial charge on any atom is -0.280 e. The van der Waals surface area contributed by atoms with Crippen LogP contribution in [0.4, 0.5) is 0 Å². The molecule has 0 unspecified atom stereocenters. The molecule has 6 rings (SSSR count). The molecular weight excluding hydrogens is 652 g/mol. The Balaban J connectivity index is 1.18. The van der Waals surface area contributed by atoms with Gasteiger partial charge in [-0.3, -0.25) is 29.0 Å². The maximum atomic E-state index is 13.1. The second-order valence-electron chi connectivity index (χ2n) is 9.66. The fourth-order valence-electron chi connectivity index (χ4n) is 7.46. The van der Waals surface area contributed by atoms with Crippen LogP contribution >= 0.6 is 63.7 Å². The minimum atomic E-state index is -0.260. The van der Waals surface area contributed by atoms with Gasteiger partial charge in [0.05, 0.1) is 23.7 Å². The Bertz CT molecular complexity index is 751. The maximum absolute atomic E-state index is 13.1. The zero-order valence-electron chi connectivity index (χ0n) is 15.8. The van der Waals surface area contributed by atoms with Crippen LogP contribution in [-0.4, -0.2) is 65.8 Å². The number of imide groups is 2. The first-order valence-electron chi connectivity index (χ1n) is 10.5. The Morgan fingerprint density at radius 3 is 1.00 bits per heavy atom. The Labute approximate surface area is 207 Å². The summed E-state index contributed by atoms with van der Waals surface area (Å²) in [6.07, 6.45) is 1.78. The molecule has 6 fully saturated rings. The zero-order chi connectivity index (χ0) is 21.2. The third kappa shape index (κ3) is 2.40. The normalized spacial score (nSPS) is 53.5. The molecule has 4 aliphatic carbocycles. The number of halogens is 4. The lowest BCUT2D eigenvalue weighted by Gasteiger charge is -2.28. The van der Waals surface area contributed by atoms with Gasteiger partial charge >= 0.3 is 0 Å². The SMILES string of the molecule is O=C1[C@@H]2[C@H]3C[C@@H]([C@H](Br)[C@H]3Br)[C@@H]2C(=O)N1CCN1C(=O)[C@@H]2[C@H]3C[C@@H]([C@H](Br)[C@@H]3Br)[C@@H]2C1=O. The molecule has 0 N–H and O–H groups in total. The summed E-state index contributed by atoms with van der Waals surface area (Å²) in [4.78, 5) is 55.7. The van der Waals surface area contributed by atoms with Crippen molar-refractivity contribution in [2.45, 2.75) is 32.2 Å². The topological polar surface area (TPSA) is 74.8 Å². The number of carbonyl (C=O) groups excluding carboxylic acids is 4. The van der Waals surface area contributed by atoms with E-state index >= 15 is 0 Å². The lowest BCUT2D eigenvalue weighted by atomic mass is 9.81. The quantitative estimate of drug-likeness (QED) is 0.342. The fourth-order valence-corrected chi connectivity index (χ4v) is 11.2. The van der Waals surface area contributed by atoms with Crippen molar-refractivity contribution >= 4 is 87.3 Å². The summed E-state index contributed by atoms with van der Waals surface area (Å²) in [6, 6.07) is 0. The van der Waals surface area contributed by atoms with Gasteiger partial charge in [-0.25, -0.2) is 0 Å². The molecule has 0 radical (unpaired) electrons. The highest BCUT2D eigenvalue weighted by atomic mass is 79.9. The predicted molar refractivity (Wildman–Crippen MR) is 121 cm³/mol. The summed E-state index contributed by atoms with van der Waals surface area (Å²) < 4.78 is 0. The molecule has 2 saturated heterocycles. The van der Waals surface area contributed by atoms with Crippen molar-refractivity contribution in [2.75, 3.05) is 13.1 Å². The average molecular weight is 672 g/mol. The number of hydrogen-bond donors (Lipinski definition) is 0. The van der Waals surface area contributed by atoms with Crippen LogP contribution in [0.15, 0.2) is 0 Å². The Morgan fingerprint density at radius 2 is 0.767 bits per heavy atom. The highest BCUT2D eigenvalue weighted by molar-refractivity contribution is 9.12. The number of nitrogens with zero attached hydrogens (tertiary/aromatic N) is 2. The zero-order valence-corrected chi connectivity index (χ0v) is 22.1. The van der Waals surface area contributed by atoms with Crippen molar-refractivity contribution in [3.05, 3.63) is 0 Å². The minimum absolute atomic E-state index is 0.117.